The number of anilines is 1. The summed E-state index contributed by atoms with van der Waals surface area (Å²) in [5.41, 5.74) is 2.00. The molecule has 2 N–H and O–H groups in total. The Morgan fingerprint density at radius 3 is 2.50 bits per heavy atom. The Morgan fingerprint density at radius 1 is 1.21 bits per heavy atom. The van der Waals surface area contributed by atoms with Gasteiger partial charge in [0.25, 0.3) is 5.91 Å². The first-order valence-electron chi connectivity index (χ1n) is 9.34. The number of methoxy groups -OCH3 is 1. The molecule has 150 valence electrons. The highest BCUT2D eigenvalue weighted by Crippen LogP contribution is 2.29. The van der Waals surface area contributed by atoms with Gasteiger partial charge in [-0.25, -0.2) is 9.97 Å². The molecular formula is C21H28N4O2S. The smallest absolute Gasteiger partial charge is 0.257 e. The maximum atomic E-state index is 12.3. The number of rotatable bonds is 10. The van der Waals surface area contributed by atoms with E-state index in [1.807, 2.05) is 31.2 Å². The Hall–Kier alpha value is -2.54. The maximum absolute atomic E-state index is 12.3. The van der Waals surface area contributed by atoms with Crippen LogP contribution in [-0.2, 0) is 11.3 Å². The molecule has 2 rings (SSSR count). The highest BCUT2D eigenvalue weighted by Gasteiger charge is 2.16. The highest BCUT2D eigenvalue weighted by molar-refractivity contribution is 8.04. The van der Waals surface area contributed by atoms with Crippen LogP contribution in [0.4, 0.5) is 5.82 Å². The highest BCUT2D eigenvalue weighted by atomic mass is 32.2. The Bertz CT molecular complexity index is 805. The molecule has 0 aliphatic heterocycles. The lowest BCUT2D eigenvalue weighted by Gasteiger charge is -2.16. The molecule has 2 aromatic rings. The average molecular weight is 401 g/mol. The fourth-order valence-corrected chi connectivity index (χ4v) is 3.30. The Balaban J connectivity index is 2.01. The van der Waals surface area contributed by atoms with E-state index in [-0.39, 0.29) is 11.9 Å². The summed E-state index contributed by atoms with van der Waals surface area (Å²) >= 11 is 1.27. The molecule has 1 amide bonds. The number of nitrogens with one attached hydrogen (secondary N) is 2. The van der Waals surface area contributed by atoms with Crippen molar-refractivity contribution in [2.75, 3.05) is 12.4 Å². The van der Waals surface area contributed by atoms with E-state index in [1.54, 1.807) is 7.11 Å². The van der Waals surface area contributed by atoms with Crippen LogP contribution >= 0.6 is 11.8 Å². The molecule has 0 saturated heterocycles. The van der Waals surface area contributed by atoms with E-state index in [4.69, 9.17) is 4.74 Å². The van der Waals surface area contributed by atoms with E-state index in [9.17, 15) is 4.79 Å². The number of carbonyl (C=O) groups is 1. The molecule has 28 heavy (non-hydrogen) atoms. The van der Waals surface area contributed by atoms with Gasteiger partial charge in [-0.1, -0.05) is 44.3 Å². The van der Waals surface area contributed by atoms with Crippen molar-refractivity contribution in [1.29, 1.82) is 0 Å². The second-order valence-electron chi connectivity index (χ2n) is 6.37. The second kappa shape index (κ2) is 10.7. The van der Waals surface area contributed by atoms with Crippen LogP contribution in [0.1, 0.15) is 37.8 Å². The first kappa shape index (κ1) is 21.8. The van der Waals surface area contributed by atoms with Crippen molar-refractivity contribution in [3.05, 3.63) is 53.2 Å². The van der Waals surface area contributed by atoms with Crippen molar-refractivity contribution in [2.24, 2.45) is 0 Å². The molecule has 1 aromatic heterocycles. The molecule has 7 heteroatoms. The number of thioether (sulfide) groups is 1. The van der Waals surface area contributed by atoms with Gasteiger partial charge in [0.2, 0.25) is 0 Å². The minimum atomic E-state index is -0.149. The zero-order valence-electron chi connectivity index (χ0n) is 16.9. The van der Waals surface area contributed by atoms with E-state index in [2.05, 4.69) is 41.0 Å². The van der Waals surface area contributed by atoms with Gasteiger partial charge in [-0.3, -0.25) is 4.79 Å². The number of aromatic nitrogens is 2. The number of ether oxygens (including phenoxy) is 1. The molecule has 0 fully saturated rings. The SMILES string of the molecule is C=C(Sc1ncnc(NCc2ccc(OC)cc2)c1C)C(=O)NC(CC)CC. The van der Waals surface area contributed by atoms with Crippen LogP contribution in [0.2, 0.25) is 0 Å². The van der Waals surface area contributed by atoms with Gasteiger partial charge in [-0.05, 0) is 37.5 Å². The van der Waals surface area contributed by atoms with Gasteiger partial charge in [0.1, 0.15) is 22.9 Å². The van der Waals surface area contributed by atoms with E-state index in [1.165, 1.54) is 18.1 Å². The first-order valence-corrected chi connectivity index (χ1v) is 10.2. The average Bonchev–Trinajstić information content (AvgIpc) is 2.72. The molecule has 0 atom stereocenters. The third-order valence-corrected chi connectivity index (χ3v) is 5.49. The second-order valence-corrected chi connectivity index (χ2v) is 7.45. The molecule has 0 bridgehead atoms. The molecule has 0 aliphatic rings. The predicted octanol–water partition coefficient (Wildman–Crippen LogP) is 4.32. The molecule has 1 aromatic carbocycles. The Morgan fingerprint density at radius 2 is 1.89 bits per heavy atom. The van der Waals surface area contributed by atoms with Gasteiger partial charge in [-0.15, -0.1) is 0 Å². The predicted molar refractivity (Wildman–Crippen MR) is 115 cm³/mol. The summed E-state index contributed by atoms with van der Waals surface area (Å²) in [5.74, 6) is 1.41. The van der Waals surface area contributed by atoms with E-state index in [0.29, 0.717) is 11.4 Å². The molecule has 0 radical (unpaired) electrons. The summed E-state index contributed by atoms with van der Waals surface area (Å²) in [6.07, 6.45) is 3.29. The van der Waals surface area contributed by atoms with Crippen LogP contribution in [0.3, 0.4) is 0 Å². The Labute approximate surface area is 171 Å². The normalized spacial score (nSPS) is 10.6. The molecular weight excluding hydrogens is 372 g/mol. The van der Waals surface area contributed by atoms with E-state index in [0.717, 1.165) is 40.6 Å². The molecule has 0 unspecified atom stereocenters. The van der Waals surface area contributed by atoms with Crippen molar-refractivity contribution in [1.82, 2.24) is 15.3 Å². The number of hydrogen-bond donors (Lipinski definition) is 2. The minimum absolute atomic E-state index is 0.149. The van der Waals surface area contributed by atoms with Crippen LogP contribution in [0.5, 0.6) is 5.75 Å². The summed E-state index contributed by atoms with van der Waals surface area (Å²) in [5, 5.41) is 7.04. The van der Waals surface area contributed by atoms with Gasteiger partial charge < -0.3 is 15.4 Å². The minimum Gasteiger partial charge on any atom is -0.497 e. The third-order valence-electron chi connectivity index (χ3n) is 4.45. The van der Waals surface area contributed by atoms with Crippen molar-refractivity contribution in [3.63, 3.8) is 0 Å². The zero-order valence-corrected chi connectivity index (χ0v) is 17.7. The van der Waals surface area contributed by atoms with Crippen molar-refractivity contribution in [2.45, 2.75) is 51.2 Å². The Kier molecular flexibility index (Phi) is 8.32. The van der Waals surface area contributed by atoms with Crippen LogP contribution in [0.25, 0.3) is 0 Å². The number of benzene rings is 1. The standard InChI is InChI=1S/C21H28N4O2S/c1-6-17(7-2)25-20(26)15(4)28-21-14(3)19(23-13-24-21)22-12-16-8-10-18(27-5)11-9-16/h8-11,13,17H,4,6-7,12H2,1-3,5H3,(H,25,26)(H,22,23,24). The number of carbonyl (C=O) groups excluding carboxylic acids is 1. The molecule has 6 nitrogen and oxygen atoms in total. The first-order chi connectivity index (χ1) is 13.5. The fraction of sp³-hybridized carbons (Fsp3) is 0.381. The van der Waals surface area contributed by atoms with E-state index >= 15 is 0 Å². The summed E-state index contributed by atoms with van der Waals surface area (Å²) in [7, 11) is 1.65. The van der Waals surface area contributed by atoms with Gasteiger partial charge in [0.05, 0.1) is 12.0 Å². The van der Waals surface area contributed by atoms with Gasteiger partial charge in [0.15, 0.2) is 0 Å². The molecule has 1 heterocycles. The maximum Gasteiger partial charge on any atom is 0.257 e. The fourth-order valence-electron chi connectivity index (χ4n) is 2.57. The number of amides is 1. The van der Waals surface area contributed by atoms with Gasteiger partial charge in [0, 0.05) is 18.2 Å². The summed E-state index contributed by atoms with van der Waals surface area (Å²) < 4.78 is 5.18. The monoisotopic (exact) mass is 400 g/mol. The molecule has 0 saturated carbocycles. The number of nitrogens with zero attached hydrogens (tertiary/aromatic N) is 2. The van der Waals surface area contributed by atoms with Gasteiger partial charge >= 0.3 is 0 Å². The quantitative estimate of drug-likeness (QED) is 0.351. The summed E-state index contributed by atoms with van der Waals surface area (Å²) in [6.45, 7) is 10.6. The van der Waals surface area contributed by atoms with Crippen molar-refractivity contribution in [3.8, 4) is 5.75 Å². The largest absolute Gasteiger partial charge is 0.497 e. The van der Waals surface area contributed by atoms with Crippen molar-refractivity contribution >= 4 is 23.5 Å². The lowest BCUT2D eigenvalue weighted by atomic mass is 10.2. The van der Waals surface area contributed by atoms with Crippen molar-refractivity contribution < 1.29 is 9.53 Å². The van der Waals surface area contributed by atoms with Crippen LogP contribution in [0.15, 0.2) is 47.1 Å². The third kappa shape index (κ3) is 5.99. The van der Waals surface area contributed by atoms with Crippen LogP contribution < -0.4 is 15.4 Å². The molecule has 0 aliphatic carbocycles. The number of hydrogen-bond acceptors (Lipinski definition) is 6. The topological polar surface area (TPSA) is 76.1 Å². The lowest BCUT2D eigenvalue weighted by Crippen LogP contribution is -2.34. The lowest BCUT2D eigenvalue weighted by molar-refractivity contribution is -0.117. The van der Waals surface area contributed by atoms with E-state index < -0.39 is 0 Å². The summed E-state index contributed by atoms with van der Waals surface area (Å²) in [6, 6.07) is 8.02. The van der Waals surface area contributed by atoms with Gasteiger partial charge in [-0.2, -0.15) is 0 Å². The molecule has 0 spiro atoms. The zero-order chi connectivity index (χ0) is 20.5. The van der Waals surface area contributed by atoms with Crippen LogP contribution in [0, 0.1) is 6.92 Å². The summed E-state index contributed by atoms with van der Waals surface area (Å²) in [4.78, 5) is 21.4. The van der Waals surface area contributed by atoms with Crippen LogP contribution in [-0.4, -0.2) is 29.0 Å².